The first-order valence-electron chi connectivity index (χ1n) is 5.10. The molecule has 0 aromatic heterocycles. The third-order valence-electron chi connectivity index (χ3n) is 2.35. The van der Waals surface area contributed by atoms with Crippen molar-refractivity contribution in [2.45, 2.75) is 10.7 Å². The van der Waals surface area contributed by atoms with Gasteiger partial charge >= 0.3 is 0 Å². The van der Waals surface area contributed by atoms with Gasteiger partial charge in [-0.15, -0.1) is 0 Å². The SMILES string of the molecule is Oc1cc(F)ccc1-c1ccc(SC(F)F)cc1. The Morgan fingerprint density at radius 2 is 1.67 bits per heavy atom. The van der Waals surface area contributed by atoms with Crippen LogP contribution in [-0.4, -0.2) is 10.9 Å². The van der Waals surface area contributed by atoms with Crippen molar-refractivity contribution in [3.8, 4) is 16.9 Å². The number of alkyl halides is 2. The minimum atomic E-state index is -2.46. The van der Waals surface area contributed by atoms with Gasteiger partial charge in [-0.25, -0.2) is 4.39 Å². The largest absolute Gasteiger partial charge is 0.507 e. The van der Waals surface area contributed by atoms with E-state index >= 15 is 0 Å². The molecule has 2 aromatic carbocycles. The van der Waals surface area contributed by atoms with Gasteiger partial charge in [-0.2, -0.15) is 8.78 Å². The Morgan fingerprint density at radius 3 is 2.22 bits per heavy atom. The fourth-order valence-electron chi connectivity index (χ4n) is 1.56. The summed E-state index contributed by atoms with van der Waals surface area (Å²) < 4.78 is 37.1. The molecule has 94 valence electrons. The average Bonchev–Trinajstić information content (AvgIpc) is 2.30. The molecule has 18 heavy (non-hydrogen) atoms. The van der Waals surface area contributed by atoms with E-state index in [4.69, 9.17) is 0 Å². The van der Waals surface area contributed by atoms with Crippen LogP contribution in [0.2, 0.25) is 0 Å². The lowest BCUT2D eigenvalue weighted by atomic mass is 10.0. The lowest BCUT2D eigenvalue weighted by Gasteiger charge is -2.06. The summed E-state index contributed by atoms with van der Waals surface area (Å²) in [6.07, 6.45) is 0. The Balaban J connectivity index is 2.28. The molecule has 0 bridgehead atoms. The van der Waals surface area contributed by atoms with Gasteiger partial charge in [0.05, 0.1) is 0 Å². The number of phenolic OH excluding ortho intramolecular Hbond substituents is 1. The zero-order chi connectivity index (χ0) is 13.1. The van der Waals surface area contributed by atoms with Crippen LogP contribution in [0.15, 0.2) is 47.4 Å². The molecule has 2 aromatic rings. The summed E-state index contributed by atoms with van der Waals surface area (Å²) in [6, 6.07) is 9.98. The Hall–Kier alpha value is -1.62. The Kier molecular flexibility index (Phi) is 3.81. The molecule has 1 N–H and O–H groups in total. The van der Waals surface area contributed by atoms with Crippen LogP contribution in [0.25, 0.3) is 11.1 Å². The lowest BCUT2D eigenvalue weighted by molar-refractivity contribution is 0.252. The summed E-state index contributed by atoms with van der Waals surface area (Å²) >= 11 is 0.453. The fourth-order valence-corrected chi connectivity index (χ4v) is 2.06. The van der Waals surface area contributed by atoms with Gasteiger partial charge in [0.2, 0.25) is 0 Å². The van der Waals surface area contributed by atoms with E-state index in [1.165, 1.54) is 24.3 Å². The first-order chi connectivity index (χ1) is 8.56. The monoisotopic (exact) mass is 270 g/mol. The van der Waals surface area contributed by atoms with Crippen LogP contribution in [0, 0.1) is 5.82 Å². The predicted octanol–water partition coefficient (Wildman–Crippen LogP) is 4.51. The number of benzene rings is 2. The van der Waals surface area contributed by atoms with Gasteiger partial charge in [-0.05, 0) is 29.8 Å². The number of hydrogen-bond donors (Lipinski definition) is 1. The van der Waals surface area contributed by atoms with Crippen LogP contribution in [-0.2, 0) is 0 Å². The molecule has 0 amide bonds. The van der Waals surface area contributed by atoms with Crippen LogP contribution in [0.4, 0.5) is 13.2 Å². The van der Waals surface area contributed by atoms with Gasteiger partial charge in [-0.3, -0.25) is 0 Å². The molecular weight excluding hydrogens is 261 g/mol. The van der Waals surface area contributed by atoms with Gasteiger partial charge < -0.3 is 5.11 Å². The summed E-state index contributed by atoms with van der Waals surface area (Å²) in [5.74, 6) is -3.17. The van der Waals surface area contributed by atoms with Gasteiger partial charge in [0.1, 0.15) is 11.6 Å². The molecule has 0 unspecified atom stereocenters. The Bertz CT molecular complexity index is 540. The van der Waals surface area contributed by atoms with Crippen molar-refractivity contribution in [1.82, 2.24) is 0 Å². The Labute approximate surface area is 106 Å². The molecule has 0 aliphatic heterocycles. The molecule has 0 fully saturated rings. The molecule has 2 rings (SSSR count). The van der Waals surface area contributed by atoms with E-state index in [2.05, 4.69) is 0 Å². The molecule has 1 nitrogen and oxygen atoms in total. The second kappa shape index (κ2) is 5.35. The first kappa shape index (κ1) is 12.8. The summed E-state index contributed by atoms with van der Waals surface area (Å²) in [5.41, 5.74) is 1.11. The van der Waals surface area contributed by atoms with E-state index in [9.17, 15) is 18.3 Å². The highest BCUT2D eigenvalue weighted by Gasteiger charge is 2.08. The van der Waals surface area contributed by atoms with E-state index in [0.717, 1.165) is 6.07 Å². The van der Waals surface area contributed by atoms with Crippen molar-refractivity contribution >= 4 is 11.8 Å². The number of aromatic hydroxyl groups is 1. The summed E-state index contributed by atoms with van der Waals surface area (Å²) in [5, 5.41) is 9.59. The lowest BCUT2D eigenvalue weighted by Crippen LogP contribution is -1.84. The van der Waals surface area contributed by atoms with Crippen molar-refractivity contribution in [3.63, 3.8) is 0 Å². The number of thioether (sulfide) groups is 1. The summed E-state index contributed by atoms with van der Waals surface area (Å²) in [6.45, 7) is 0. The fraction of sp³-hybridized carbons (Fsp3) is 0.0769. The van der Waals surface area contributed by atoms with Gasteiger partial charge in [0, 0.05) is 16.5 Å². The molecule has 0 aliphatic rings. The third kappa shape index (κ3) is 2.98. The third-order valence-corrected chi connectivity index (χ3v) is 3.07. The Morgan fingerprint density at radius 1 is 1.00 bits per heavy atom. The predicted molar refractivity (Wildman–Crippen MR) is 65.4 cm³/mol. The van der Waals surface area contributed by atoms with E-state index in [-0.39, 0.29) is 5.75 Å². The quantitative estimate of drug-likeness (QED) is 0.828. The minimum absolute atomic E-state index is 0.177. The van der Waals surface area contributed by atoms with E-state index < -0.39 is 11.6 Å². The normalized spacial score (nSPS) is 10.9. The van der Waals surface area contributed by atoms with E-state index in [1.807, 2.05) is 0 Å². The van der Waals surface area contributed by atoms with Gasteiger partial charge in [0.15, 0.2) is 0 Å². The zero-order valence-electron chi connectivity index (χ0n) is 9.11. The van der Waals surface area contributed by atoms with Crippen molar-refractivity contribution in [2.24, 2.45) is 0 Å². The molecule has 0 saturated carbocycles. The van der Waals surface area contributed by atoms with Crippen LogP contribution in [0.1, 0.15) is 0 Å². The first-order valence-corrected chi connectivity index (χ1v) is 5.98. The second-order valence-corrected chi connectivity index (χ2v) is 4.63. The van der Waals surface area contributed by atoms with Crippen LogP contribution in [0.3, 0.4) is 0 Å². The highest BCUT2D eigenvalue weighted by atomic mass is 32.2. The van der Waals surface area contributed by atoms with Crippen molar-refractivity contribution in [1.29, 1.82) is 0 Å². The van der Waals surface area contributed by atoms with Crippen molar-refractivity contribution < 1.29 is 18.3 Å². The van der Waals surface area contributed by atoms with Gasteiger partial charge in [-0.1, -0.05) is 23.9 Å². The highest BCUT2D eigenvalue weighted by Crippen LogP contribution is 2.32. The molecule has 5 heteroatoms. The number of hydrogen-bond acceptors (Lipinski definition) is 2. The van der Waals surface area contributed by atoms with Crippen molar-refractivity contribution in [3.05, 3.63) is 48.3 Å². The molecule has 0 aliphatic carbocycles. The molecule has 0 atom stereocenters. The van der Waals surface area contributed by atoms with Crippen molar-refractivity contribution in [2.75, 3.05) is 0 Å². The van der Waals surface area contributed by atoms with Crippen LogP contribution < -0.4 is 0 Å². The standard InChI is InChI=1S/C13H9F3OS/c14-9-3-6-11(12(17)7-9)8-1-4-10(5-2-8)18-13(15)16/h1-7,13,17H. The van der Waals surface area contributed by atoms with Gasteiger partial charge in [0.25, 0.3) is 5.76 Å². The highest BCUT2D eigenvalue weighted by molar-refractivity contribution is 7.99. The molecule has 0 saturated heterocycles. The van der Waals surface area contributed by atoms with E-state index in [1.54, 1.807) is 12.1 Å². The summed E-state index contributed by atoms with van der Waals surface area (Å²) in [7, 11) is 0. The number of rotatable bonds is 3. The minimum Gasteiger partial charge on any atom is -0.507 e. The smallest absolute Gasteiger partial charge is 0.288 e. The maximum atomic E-state index is 12.8. The summed E-state index contributed by atoms with van der Waals surface area (Å²) in [4.78, 5) is 0.440. The topological polar surface area (TPSA) is 20.2 Å². The maximum absolute atomic E-state index is 12.8. The van der Waals surface area contributed by atoms with Crippen LogP contribution in [0.5, 0.6) is 5.75 Å². The molecule has 0 radical (unpaired) electrons. The van der Waals surface area contributed by atoms with Crippen LogP contribution >= 0.6 is 11.8 Å². The number of phenols is 1. The average molecular weight is 270 g/mol. The van der Waals surface area contributed by atoms with E-state index in [0.29, 0.717) is 27.8 Å². The second-order valence-electron chi connectivity index (χ2n) is 3.56. The number of halogens is 3. The zero-order valence-corrected chi connectivity index (χ0v) is 9.92. The molecule has 0 spiro atoms. The molecular formula is C13H9F3OS. The molecule has 0 heterocycles. The maximum Gasteiger partial charge on any atom is 0.288 e.